The van der Waals surface area contributed by atoms with E-state index >= 15 is 0 Å². The third-order valence-corrected chi connectivity index (χ3v) is 4.57. The van der Waals surface area contributed by atoms with E-state index in [2.05, 4.69) is 25.1 Å². The Labute approximate surface area is 130 Å². The van der Waals surface area contributed by atoms with Gasteiger partial charge in [-0.05, 0) is 48.3 Å². The van der Waals surface area contributed by atoms with E-state index in [0.717, 1.165) is 22.0 Å². The van der Waals surface area contributed by atoms with Gasteiger partial charge < -0.3 is 4.57 Å². The van der Waals surface area contributed by atoms with Crippen LogP contribution in [0.1, 0.15) is 31.2 Å². The Morgan fingerprint density at radius 1 is 0.955 bits per heavy atom. The van der Waals surface area contributed by atoms with Gasteiger partial charge in [0.25, 0.3) is 5.56 Å². The smallest absolute Gasteiger partial charge is 0.258 e. The second-order valence-electron chi connectivity index (χ2n) is 6.00. The highest BCUT2D eigenvalue weighted by atomic mass is 16.1. The Balaban J connectivity index is 2.18. The van der Waals surface area contributed by atoms with Crippen molar-refractivity contribution in [1.82, 2.24) is 4.57 Å². The molecular weight excluding hydrogens is 270 g/mol. The second kappa shape index (κ2) is 5.13. The molecule has 0 N–H and O–H groups in total. The summed E-state index contributed by atoms with van der Waals surface area (Å²) in [6, 6.07) is 18.4. The van der Waals surface area contributed by atoms with Gasteiger partial charge in [-0.25, -0.2) is 0 Å². The quantitative estimate of drug-likeness (QED) is 0.692. The highest BCUT2D eigenvalue weighted by Crippen LogP contribution is 2.46. The normalized spacial score (nSPS) is 14.4. The van der Waals surface area contributed by atoms with Gasteiger partial charge in [0.2, 0.25) is 0 Å². The predicted molar refractivity (Wildman–Crippen MR) is 91.3 cm³/mol. The van der Waals surface area contributed by atoms with Crippen LogP contribution in [0.5, 0.6) is 0 Å². The molecule has 2 heteroatoms. The van der Waals surface area contributed by atoms with Crippen molar-refractivity contribution in [3.63, 3.8) is 0 Å². The summed E-state index contributed by atoms with van der Waals surface area (Å²) in [5.41, 5.74) is 3.76. The van der Waals surface area contributed by atoms with E-state index in [4.69, 9.17) is 0 Å². The average Bonchev–Trinajstić information content (AvgIpc) is 3.40. The molecule has 0 atom stereocenters. The van der Waals surface area contributed by atoms with Crippen LogP contribution in [0.3, 0.4) is 0 Å². The summed E-state index contributed by atoms with van der Waals surface area (Å²) in [7, 11) is 0. The monoisotopic (exact) mass is 289 g/mol. The summed E-state index contributed by atoms with van der Waals surface area (Å²) in [6.45, 7) is 2.76. The van der Waals surface area contributed by atoms with E-state index in [1.807, 2.05) is 41.0 Å². The number of hydrogen-bond donors (Lipinski definition) is 0. The van der Waals surface area contributed by atoms with Gasteiger partial charge in [-0.1, -0.05) is 48.5 Å². The van der Waals surface area contributed by atoms with Crippen molar-refractivity contribution in [1.29, 1.82) is 0 Å². The van der Waals surface area contributed by atoms with Crippen LogP contribution in [0.15, 0.2) is 59.4 Å². The topological polar surface area (TPSA) is 22.0 Å². The van der Waals surface area contributed by atoms with Crippen LogP contribution in [0.2, 0.25) is 0 Å². The summed E-state index contributed by atoms with van der Waals surface area (Å²) in [5, 5.41) is 1.99. The Bertz CT molecular complexity index is 889. The highest BCUT2D eigenvalue weighted by Gasteiger charge is 2.30. The number of pyridine rings is 1. The van der Waals surface area contributed by atoms with Gasteiger partial charge in [-0.3, -0.25) is 4.79 Å². The fraction of sp³-hybridized carbons (Fsp3) is 0.250. The molecule has 2 nitrogen and oxygen atoms in total. The number of rotatable bonds is 3. The fourth-order valence-corrected chi connectivity index (χ4v) is 3.42. The minimum atomic E-state index is 0.126. The van der Waals surface area contributed by atoms with Crippen LogP contribution in [-0.4, -0.2) is 4.57 Å². The third-order valence-electron chi connectivity index (χ3n) is 4.57. The summed E-state index contributed by atoms with van der Waals surface area (Å²) >= 11 is 0. The SMILES string of the molecule is CCn1c(-c2ccccc2)c(C2CC2)c2ccccc2c1=O. The Morgan fingerprint density at radius 3 is 2.23 bits per heavy atom. The first-order valence-electron chi connectivity index (χ1n) is 8.02. The molecule has 0 unspecified atom stereocenters. The molecule has 1 saturated carbocycles. The molecule has 22 heavy (non-hydrogen) atoms. The largest absolute Gasteiger partial charge is 0.308 e. The molecule has 0 amide bonds. The summed E-state index contributed by atoms with van der Waals surface area (Å²) in [5.74, 6) is 0.596. The molecule has 1 heterocycles. The molecule has 1 aromatic heterocycles. The first-order valence-corrected chi connectivity index (χ1v) is 8.02. The molecule has 0 saturated heterocycles. The van der Waals surface area contributed by atoms with E-state index in [-0.39, 0.29) is 5.56 Å². The lowest BCUT2D eigenvalue weighted by atomic mass is 9.95. The molecule has 4 rings (SSSR count). The van der Waals surface area contributed by atoms with Crippen LogP contribution >= 0.6 is 0 Å². The maximum absolute atomic E-state index is 12.9. The van der Waals surface area contributed by atoms with Gasteiger partial charge >= 0.3 is 0 Å². The van der Waals surface area contributed by atoms with E-state index in [0.29, 0.717) is 12.5 Å². The Morgan fingerprint density at radius 2 is 1.59 bits per heavy atom. The van der Waals surface area contributed by atoms with Crippen molar-refractivity contribution in [3.05, 3.63) is 70.5 Å². The van der Waals surface area contributed by atoms with Gasteiger partial charge in [-0.15, -0.1) is 0 Å². The lowest BCUT2D eigenvalue weighted by Gasteiger charge is -2.19. The fourth-order valence-electron chi connectivity index (χ4n) is 3.42. The molecule has 3 aromatic rings. The third kappa shape index (κ3) is 1.98. The molecule has 110 valence electrons. The summed E-state index contributed by atoms with van der Waals surface area (Å²) in [4.78, 5) is 12.9. The Kier molecular flexibility index (Phi) is 3.11. The van der Waals surface area contributed by atoms with Gasteiger partial charge in [0.1, 0.15) is 0 Å². The maximum atomic E-state index is 12.9. The minimum absolute atomic E-state index is 0.126. The van der Waals surface area contributed by atoms with Crippen LogP contribution in [0, 0.1) is 0 Å². The number of benzene rings is 2. The molecule has 0 aliphatic heterocycles. The lowest BCUT2D eigenvalue weighted by molar-refractivity contribution is 0.736. The number of aromatic nitrogens is 1. The summed E-state index contributed by atoms with van der Waals surface area (Å²) < 4.78 is 1.95. The predicted octanol–water partition coefficient (Wildman–Crippen LogP) is 4.57. The highest BCUT2D eigenvalue weighted by molar-refractivity contribution is 5.91. The zero-order valence-corrected chi connectivity index (χ0v) is 12.8. The van der Waals surface area contributed by atoms with Gasteiger partial charge in [-0.2, -0.15) is 0 Å². The van der Waals surface area contributed by atoms with Crippen LogP contribution in [0.4, 0.5) is 0 Å². The van der Waals surface area contributed by atoms with Crippen molar-refractivity contribution >= 4 is 10.8 Å². The molecular formula is C20H19NO. The Hall–Kier alpha value is -2.35. The molecule has 0 spiro atoms. The standard InChI is InChI=1S/C20H19NO/c1-2-21-19(15-8-4-3-5-9-15)18(14-12-13-14)16-10-6-7-11-17(16)20(21)22/h3-11,14H,2,12-13H2,1H3. The van der Waals surface area contributed by atoms with Gasteiger partial charge in [0.05, 0.1) is 5.69 Å². The number of hydrogen-bond acceptors (Lipinski definition) is 1. The second-order valence-corrected chi connectivity index (χ2v) is 6.00. The zero-order valence-electron chi connectivity index (χ0n) is 12.8. The first kappa shape index (κ1) is 13.3. The van der Waals surface area contributed by atoms with Crippen molar-refractivity contribution in [2.45, 2.75) is 32.2 Å². The minimum Gasteiger partial charge on any atom is -0.308 e. The average molecular weight is 289 g/mol. The van der Waals surface area contributed by atoms with E-state index in [1.165, 1.54) is 18.4 Å². The molecule has 1 aliphatic rings. The first-order chi connectivity index (χ1) is 10.8. The van der Waals surface area contributed by atoms with Gasteiger partial charge in [0, 0.05) is 11.9 Å². The van der Waals surface area contributed by atoms with Crippen molar-refractivity contribution < 1.29 is 0 Å². The number of fused-ring (bicyclic) bond motifs is 1. The van der Waals surface area contributed by atoms with Gasteiger partial charge in [0.15, 0.2) is 0 Å². The van der Waals surface area contributed by atoms with Crippen LogP contribution < -0.4 is 5.56 Å². The van der Waals surface area contributed by atoms with E-state index in [1.54, 1.807) is 0 Å². The van der Waals surface area contributed by atoms with Crippen LogP contribution in [0.25, 0.3) is 22.0 Å². The van der Waals surface area contributed by atoms with Crippen molar-refractivity contribution in [2.75, 3.05) is 0 Å². The van der Waals surface area contributed by atoms with Crippen molar-refractivity contribution in [3.8, 4) is 11.3 Å². The molecule has 0 bridgehead atoms. The molecule has 0 radical (unpaired) electrons. The van der Waals surface area contributed by atoms with E-state index in [9.17, 15) is 4.79 Å². The molecule has 1 aliphatic carbocycles. The van der Waals surface area contributed by atoms with Crippen LogP contribution in [-0.2, 0) is 6.54 Å². The number of nitrogens with zero attached hydrogens (tertiary/aromatic N) is 1. The van der Waals surface area contributed by atoms with Crippen molar-refractivity contribution in [2.24, 2.45) is 0 Å². The molecule has 2 aromatic carbocycles. The maximum Gasteiger partial charge on any atom is 0.258 e. The summed E-state index contributed by atoms with van der Waals surface area (Å²) in [6.07, 6.45) is 2.46. The zero-order chi connectivity index (χ0) is 15.1. The lowest BCUT2D eigenvalue weighted by Crippen LogP contribution is -2.23. The molecule has 1 fully saturated rings. The van der Waals surface area contributed by atoms with E-state index < -0.39 is 0 Å².